The first-order valence-electron chi connectivity index (χ1n) is 5.77. The molecule has 104 valence electrons. The van der Waals surface area contributed by atoms with E-state index in [0.717, 1.165) is 0 Å². The summed E-state index contributed by atoms with van der Waals surface area (Å²) in [5.41, 5.74) is -2.32. The largest absolute Gasteiger partial charge is 0.462 e. The number of carbonyl (C=O) groups is 1. The molecule has 0 radical (unpaired) electrons. The van der Waals surface area contributed by atoms with E-state index in [1.807, 2.05) is 0 Å². The first-order valence-corrected chi connectivity index (χ1v) is 5.77. The molecular weight excluding hydrogens is 249 g/mol. The molecular formula is C12H17F3O3. The van der Waals surface area contributed by atoms with E-state index in [1.165, 1.54) is 6.92 Å². The van der Waals surface area contributed by atoms with Gasteiger partial charge in [0.05, 0.1) is 6.61 Å². The van der Waals surface area contributed by atoms with Gasteiger partial charge >= 0.3 is 12.1 Å². The predicted molar refractivity (Wildman–Crippen MR) is 58.7 cm³/mol. The number of alkyl halides is 3. The second kappa shape index (κ2) is 5.30. The maximum Gasteiger partial charge on any atom is 0.417 e. The fourth-order valence-corrected chi connectivity index (χ4v) is 1.92. The van der Waals surface area contributed by atoms with E-state index in [9.17, 15) is 23.1 Å². The summed E-state index contributed by atoms with van der Waals surface area (Å²) < 4.78 is 42.5. The molecule has 0 saturated heterocycles. The van der Waals surface area contributed by atoms with Crippen LogP contribution in [0.1, 0.15) is 32.6 Å². The Morgan fingerprint density at radius 2 is 1.94 bits per heavy atom. The van der Waals surface area contributed by atoms with E-state index in [-0.39, 0.29) is 43.8 Å². The predicted octanol–water partition coefficient (Wildman–Crippen LogP) is 2.59. The van der Waals surface area contributed by atoms with Crippen LogP contribution in [0.4, 0.5) is 13.2 Å². The van der Waals surface area contributed by atoms with Crippen LogP contribution in [0.15, 0.2) is 12.2 Å². The standard InChI is InChI=1S/C12H17F3O3/c1-8(2)10(16)18-7-9-3-5-11(17,6-4-9)12(13,14)15/h9,17H,1,3-7H2,2H3. The molecule has 0 atom stereocenters. The van der Waals surface area contributed by atoms with Gasteiger partial charge in [-0.3, -0.25) is 0 Å². The number of rotatable bonds is 3. The number of esters is 1. The Morgan fingerprint density at radius 1 is 1.44 bits per heavy atom. The van der Waals surface area contributed by atoms with Crippen molar-refractivity contribution in [1.82, 2.24) is 0 Å². The summed E-state index contributed by atoms with van der Waals surface area (Å²) in [7, 11) is 0. The van der Waals surface area contributed by atoms with Crippen molar-refractivity contribution < 1.29 is 27.8 Å². The first kappa shape index (κ1) is 15.0. The maximum absolute atomic E-state index is 12.5. The molecule has 0 bridgehead atoms. The molecule has 0 unspecified atom stereocenters. The lowest BCUT2D eigenvalue weighted by Gasteiger charge is -2.36. The summed E-state index contributed by atoms with van der Waals surface area (Å²) in [4.78, 5) is 11.1. The molecule has 0 aromatic heterocycles. The molecule has 0 aromatic rings. The van der Waals surface area contributed by atoms with Gasteiger partial charge in [0.2, 0.25) is 0 Å². The minimum atomic E-state index is -4.59. The second-order valence-electron chi connectivity index (χ2n) is 4.85. The van der Waals surface area contributed by atoms with Gasteiger partial charge in [0.1, 0.15) is 0 Å². The molecule has 1 rings (SSSR count). The normalized spacial score (nSPS) is 28.8. The average molecular weight is 266 g/mol. The molecule has 1 N–H and O–H groups in total. The van der Waals surface area contributed by atoms with E-state index in [4.69, 9.17) is 4.74 Å². The third kappa shape index (κ3) is 3.48. The lowest BCUT2D eigenvalue weighted by Crippen LogP contribution is -2.48. The molecule has 0 amide bonds. The van der Waals surface area contributed by atoms with Crippen molar-refractivity contribution in [3.05, 3.63) is 12.2 Å². The number of ether oxygens (including phenoxy) is 1. The fourth-order valence-electron chi connectivity index (χ4n) is 1.92. The Labute approximate surface area is 104 Å². The SMILES string of the molecule is C=C(C)C(=O)OCC1CCC(O)(C(F)(F)F)CC1. The van der Waals surface area contributed by atoms with Gasteiger partial charge in [0.15, 0.2) is 5.60 Å². The molecule has 0 aromatic carbocycles. The fraction of sp³-hybridized carbons (Fsp3) is 0.750. The zero-order valence-corrected chi connectivity index (χ0v) is 10.2. The molecule has 1 aliphatic carbocycles. The zero-order chi connectivity index (χ0) is 14.0. The van der Waals surface area contributed by atoms with Crippen molar-refractivity contribution in [3.8, 4) is 0 Å². The van der Waals surface area contributed by atoms with Crippen molar-refractivity contribution in [2.24, 2.45) is 5.92 Å². The quantitative estimate of drug-likeness (QED) is 0.631. The topological polar surface area (TPSA) is 46.5 Å². The number of hydrogen-bond acceptors (Lipinski definition) is 3. The third-order valence-electron chi connectivity index (χ3n) is 3.26. The van der Waals surface area contributed by atoms with E-state index < -0.39 is 17.7 Å². The van der Waals surface area contributed by atoms with Crippen LogP contribution in [-0.4, -0.2) is 29.5 Å². The Hall–Kier alpha value is -1.04. The monoisotopic (exact) mass is 266 g/mol. The Morgan fingerprint density at radius 3 is 2.33 bits per heavy atom. The highest BCUT2D eigenvalue weighted by Crippen LogP contribution is 2.43. The van der Waals surface area contributed by atoms with Crippen LogP contribution in [0.25, 0.3) is 0 Å². The lowest BCUT2D eigenvalue weighted by atomic mass is 9.79. The van der Waals surface area contributed by atoms with Crippen molar-refractivity contribution in [1.29, 1.82) is 0 Å². The molecule has 0 aliphatic heterocycles. The van der Waals surface area contributed by atoms with Gasteiger partial charge in [-0.25, -0.2) is 4.79 Å². The van der Waals surface area contributed by atoms with Gasteiger partial charge in [-0.2, -0.15) is 13.2 Å². The average Bonchev–Trinajstić information content (AvgIpc) is 2.26. The van der Waals surface area contributed by atoms with Crippen LogP contribution < -0.4 is 0 Å². The minimum absolute atomic E-state index is 0.0830. The number of hydrogen-bond donors (Lipinski definition) is 1. The molecule has 0 heterocycles. The van der Waals surface area contributed by atoms with Gasteiger partial charge in [0.25, 0.3) is 0 Å². The zero-order valence-electron chi connectivity index (χ0n) is 10.2. The lowest BCUT2D eigenvalue weighted by molar-refractivity contribution is -0.272. The minimum Gasteiger partial charge on any atom is -0.462 e. The van der Waals surface area contributed by atoms with Crippen LogP contribution >= 0.6 is 0 Å². The molecule has 6 heteroatoms. The van der Waals surface area contributed by atoms with Gasteiger partial charge in [0, 0.05) is 5.57 Å². The van der Waals surface area contributed by atoms with Crippen molar-refractivity contribution in [3.63, 3.8) is 0 Å². The Balaban J connectivity index is 2.41. The highest BCUT2D eigenvalue weighted by atomic mass is 19.4. The molecule has 3 nitrogen and oxygen atoms in total. The van der Waals surface area contributed by atoms with E-state index in [1.54, 1.807) is 0 Å². The van der Waals surface area contributed by atoms with E-state index >= 15 is 0 Å². The van der Waals surface area contributed by atoms with Crippen LogP contribution in [0.2, 0.25) is 0 Å². The molecule has 1 saturated carbocycles. The summed E-state index contributed by atoms with van der Waals surface area (Å²) in [6.45, 7) is 5.00. The third-order valence-corrected chi connectivity index (χ3v) is 3.26. The highest BCUT2D eigenvalue weighted by molar-refractivity contribution is 5.86. The molecule has 1 aliphatic rings. The summed E-state index contributed by atoms with van der Waals surface area (Å²) >= 11 is 0. The molecule has 1 fully saturated rings. The first-order chi connectivity index (χ1) is 8.16. The van der Waals surface area contributed by atoms with E-state index in [0.29, 0.717) is 0 Å². The van der Waals surface area contributed by atoms with Crippen LogP contribution in [0, 0.1) is 5.92 Å². The molecule has 0 spiro atoms. The summed E-state index contributed by atoms with van der Waals surface area (Å²) in [5.74, 6) is -0.664. The number of halogens is 3. The maximum atomic E-state index is 12.5. The van der Waals surface area contributed by atoms with Crippen molar-refractivity contribution in [2.45, 2.75) is 44.4 Å². The van der Waals surface area contributed by atoms with E-state index in [2.05, 4.69) is 6.58 Å². The van der Waals surface area contributed by atoms with Crippen LogP contribution in [-0.2, 0) is 9.53 Å². The van der Waals surface area contributed by atoms with Crippen molar-refractivity contribution in [2.75, 3.05) is 6.61 Å². The number of carbonyl (C=O) groups excluding carboxylic acids is 1. The summed E-state index contributed by atoms with van der Waals surface area (Å²) in [6, 6.07) is 0. The van der Waals surface area contributed by atoms with Gasteiger partial charge in [-0.1, -0.05) is 6.58 Å². The summed E-state index contributed by atoms with van der Waals surface area (Å²) in [6.07, 6.45) is -4.89. The Kier molecular flexibility index (Phi) is 4.42. The summed E-state index contributed by atoms with van der Waals surface area (Å²) in [5, 5.41) is 9.44. The smallest absolute Gasteiger partial charge is 0.417 e. The Bertz CT molecular complexity index is 328. The molecule has 18 heavy (non-hydrogen) atoms. The van der Waals surface area contributed by atoms with Gasteiger partial charge < -0.3 is 9.84 Å². The van der Waals surface area contributed by atoms with Crippen molar-refractivity contribution >= 4 is 5.97 Å². The van der Waals surface area contributed by atoms with Gasteiger partial charge in [-0.05, 0) is 38.5 Å². The van der Waals surface area contributed by atoms with Crippen LogP contribution in [0.3, 0.4) is 0 Å². The number of aliphatic hydroxyl groups is 1. The second-order valence-corrected chi connectivity index (χ2v) is 4.85. The van der Waals surface area contributed by atoms with Crippen LogP contribution in [0.5, 0.6) is 0 Å². The van der Waals surface area contributed by atoms with Gasteiger partial charge in [-0.15, -0.1) is 0 Å². The highest BCUT2D eigenvalue weighted by Gasteiger charge is 2.54.